The van der Waals surface area contributed by atoms with E-state index in [0.29, 0.717) is 18.6 Å². The number of rotatable bonds is 3. The molecule has 0 aliphatic heterocycles. The Hall–Kier alpha value is -1.70. The molecular formula is C13H13F3O4S. The number of allylic oxidation sites excluding steroid dienone is 2. The number of hydrogen-bond donors (Lipinski definition) is 1. The molecule has 0 amide bonds. The monoisotopic (exact) mass is 322 g/mol. The summed E-state index contributed by atoms with van der Waals surface area (Å²) in [5.74, 6) is 0.0990. The highest BCUT2D eigenvalue weighted by atomic mass is 32.2. The van der Waals surface area contributed by atoms with Crippen molar-refractivity contribution < 1.29 is 30.9 Å². The Labute approximate surface area is 120 Å². The van der Waals surface area contributed by atoms with Crippen LogP contribution in [0.4, 0.5) is 13.2 Å². The summed E-state index contributed by atoms with van der Waals surface area (Å²) in [4.78, 5) is 0. The zero-order chi connectivity index (χ0) is 15.7. The average Bonchev–Trinajstić information content (AvgIpc) is 2.39. The molecule has 0 spiro atoms. The second-order valence-corrected chi connectivity index (χ2v) is 6.26. The molecule has 2 rings (SSSR count). The average molecular weight is 322 g/mol. The number of benzene rings is 1. The van der Waals surface area contributed by atoms with Gasteiger partial charge in [0.25, 0.3) is 0 Å². The van der Waals surface area contributed by atoms with Crippen molar-refractivity contribution in [1.82, 2.24) is 0 Å². The van der Waals surface area contributed by atoms with Gasteiger partial charge in [0.15, 0.2) is 0 Å². The third-order valence-electron chi connectivity index (χ3n) is 3.23. The minimum Gasteiger partial charge on any atom is -0.513 e. The van der Waals surface area contributed by atoms with E-state index in [1.54, 1.807) is 6.08 Å². The van der Waals surface area contributed by atoms with Crippen LogP contribution in [0, 0.1) is 0 Å². The van der Waals surface area contributed by atoms with Gasteiger partial charge in [0.05, 0.1) is 5.76 Å². The van der Waals surface area contributed by atoms with E-state index in [1.165, 1.54) is 24.3 Å². The van der Waals surface area contributed by atoms with Crippen molar-refractivity contribution in [2.45, 2.75) is 30.7 Å². The Morgan fingerprint density at radius 1 is 1.19 bits per heavy atom. The third-order valence-corrected chi connectivity index (χ3v) is 4.21. The second-order valence-electron chi connectivity index (χ2n) is 4.72. The standard InChI is InChI=1S/C13H13F3O4S/c14-13(15,16)21(18,19)20-12-7-3-10(4-8-12)9-1-5-11(17)6-2-9/h3-5,7-9,17H,1-2,6H2. The highest BCUT2D eigenvalue weighted by Crippen LogP contribution is 2.33. The molecular weight excluding hydrogens is 309 g/mol. The van der Waals surface area contributed by atoms with Crippen molar-refractivity contribution in [3.05, 3.63) is 41.7 Å². The van der Waals surface area contributed by atoms with Crippen LogP contribution >= 0.6 is 0 Å². The van der Waals surface area contributed by atoms with Crippen LogP contribution in [-0.2, 0) is 10.1 Å². The molecule has 1 N–H and O–H groups in total. The van der Waals surface area contributed by atoms with Gasteiger partial charge in [-0.2, -0.15) is 21.6 Å². The molecule has 0 fully saturated rings. The van der Waals surface area contributed by atoms with Crippen molar-refractivity contribution in [1.29, 1.82) is 0 Å². The Balaban J connectivity index is 2.10. The van der Waals surface area contributed by atoms with Gasteiger partial charge in [0.1, 0.15) is 5.75 Å². The van der Waals surface area contributed by atoms with Crippen molar-refractivity contribution >= 4 is 10.1 Å². The minimum atomic E-state index is -5.64. The minimum absolute atomic E-state index is 0.147. The van der Waals surface area contributed by atoms with E-state index in [-0.39, 0.29) is 11.7 Å². The maximum atomic E-state index is 12.2. The molecule has 1 aromatic carbocycles. The first kappa shape index (κ1) is 15.7. The molecule has 1 aliphatic carbocycles. The molecule has 0 heterocycles. The van der Waals surface area contributed by atoms with Gasteiger partial charge >= 0.3 is 15.6 Å². The molecule has 1 unspecified atom stereocenters. The van der Waals surface area contributed by atoms with Crippen LogP contribution in [0.3, 0.4) is 0 Å². The molecule has 21 heavy (non-hydrogen) atoms. The highest BCUT2D eigenvalue weighted by Gasteiger charge is 2.48. The van der Waals surface area contributed by atoms with Crippen molar-refractivity contribution in [3.63, 3.8) is 0 Å². The van der Waals surface area contributed by atoms with Gasteiger partial charge < -0.3 is 9.29 Å². The van der Waals surface area contributed by atoms with Crippen molar-refractivity contribution in [3.8, 4) is 5.75 Å². The third kappa shape index (κ3) is 3.69. The van der Waals surface area contributed by atoms with Gasteiger partial charge in [-0.05, 0) is 42.5 Å². The predicted octanol–water partition coefficient (Wildman–Crippen LogP) is 3.62. The lowest BCUT2D eigenvalue weighted by molar-refractivity contribution is -0.0500. The van der Waals surface area contributed by atoms with Gasteiger partial charge in [-0.3, -0.25) is 0 Å². The molecule has 0 saturated heterocycles. The van der Waals surface area contributed by atoms with E-state index in [1.807, 2.05) is 0 Å². The molecule has 4 nitrogen and oxygen atoms in total. The summed E-state index contributed by atoms with van der Waals surface area (Å²) < 4.78 is 62.3. The lowest BCUT2D eigenvalue weighted by Gasteiger charge is -2.20. The fourth-order valence-electron chi connectivity index (χ4n) is 2.09. The molecule has 8 heteroatoms. The summed E-state index contributed by atoms with van der Waals surface area (Å²) in [7, 11) is -5.64. The molecule has 0 bridgehead atoms. The second kappa shape index (κ2) is 5.59. The summed E-state index contributed by atoms with van der Waals surface area (Å²) in [5, 5.41) is 9.29. The summed E-state index contributed by atoms with van der Waals surface area (Å²) in [6, 6.07) is 5.44. The zero-order valence-corrected chi connectivity index (χ0v) is 11.6. The van der Waals surface area contributed by atoms with E-state index in [0.717, 1.165) is 12.0 Å². The highest BCUT2D eigenvalue weighted by molar-refractivity contribution is 7.87. The van der Waals surface area contributed by atoms with Crippen LogP contribution in [0.1, 0.15) is 30.7 Å². The largest absolute Gasteiger partial charge is 0.534 e. The summed E-state index contributed by atoms with van der Waals surface area (Å²) in [6.07, 6.45) is 3.61. The quantitative estimate of drug-likeness (QED) is 0.682. The fraction of sp³-hybridized carbons (Fsp3) is 0.385. The summed E-state index contributed by atoms with van der Waals surface area (Å²) >= 11 is 0. The smallest absolute Gasteiger partial charge is 0.513 e. The normalized spacial score (nSPS) is 20.0. The molecule has 116 valence electrons. The Morgan fingerprint density at radius 2 is 1.81 bits per heavy atom. The first-order valence-corrected chi connectivity index (χ1v) is 7.58. The lowest BCUT2D eigenvalue weighted by Crippen LogP contribution is -2.28. The number of hydrogen-bond acceptors (Lipinski definition) is 4. The molecule has 1 atom stereocenters. The fourth-order valence-corrected chi connectivity index (χ4v) is 2.55. The number of aliphatic hydroxyl groups excluding tert-OH is 1. The Kier molecular flexibility index (Phi) is 4.18. The van der Waals surface area contributed by atoms with Crippen LogP contribution in [0.15, 0.2) is 36.1 Å². The van der Waals surface area contributed by atoms with Crippen LogP contribution in [0.5, 0.6) is 5.75 Å². The topological polar surface area (TPSA) is 63.6 Å². The van der Waals surface area contributed by atoms with Gasteiger partial charge in [-0.15, -0.1) is 0 Å². The number of aliphatic hydroxyl groups is 1. The Morgan fingerprint density at radius 3 is 2.29 bits per heavy atom. The number of alkyl halides is 3. The van der Waals surface area contributed by atoms with Crippen LogP contribution in [0.2, 0.25) is 0 Å². The molecule has 1 aliphatic rings. The number of halogens is 3. The first-order valence-electron chi connectivity index (χ1n) is 6.18. The van der Waals surface area contributed by atoms with Crippen molar-refractivity contribution in [2.24, 2.45) is 0 Å². The van der Waals surface area contributed by atoms with E-state index < -0.39 is 15.6 Å². The SMILES string of the molecule is O=S(=O)(Oc1ccc(C2CC=C(O)CC2)cc1)C(F)(F)F. The first-order chi connectivity index (χ1) is 9.69. The summed E-state index contributed by atoms with van der Waals surface area (Å²) in [5.41, 5.74) is -4.59. The maximum absolute atomic E-state index is 12.2. The van der Waals surface area contributed by atoms with Gasteiger partial charge in [-0.25, -0.2) is 0 Å². The van der Waals surface area contributed by atoms with Gasteiger partial charge in [0, 0.05) is 6.42 Å². The summed E-state index contributed by atoms with van der Waals surface area (Å²) in [6.45, 7) is 0. The van der Waals surface area contributed by atoms with E-state index in [9.17, 15) is 26.7 Å². The van der Waals surface area contributed by atoms with E-state index >= 15 is 0 Å². The van der Waals surface area contributed by atoms with Crippen LogP contribution in [0.25, 0.3) is 0 Å². The Bertz CT molecular complexity index is 632. The zero-order valence-electron chi connectivity index (χ0n) is 10.8. The molecule has 1 aromatic rings. The molecule has 0 saturated carbocycles. The lowest BCUT2D eigenvalue weighted by atomic mass is 9.87. The van der Waals surface area contributed by atoms with Crippen LogP contribution in [-0.4, -0.2) is 19.0 Å². The molecule has 0 radical (unpaired) electrons. The maximum Gasteiger partial charge on any atom is 0.534 e. The van der Waals surface area contributed by atoms with E-state index in [2.05, 4.69) is 4.18 Å². The van der Waals surface area contributed by atoms with E-state index in [4.69, 9.17) is 0 Å². The van der Waals surface area contributed by atoms with Crippen LogP contribution < -0.4 is 4.18 Å². The van der Waals surface area contributed by atoms with Gasteiger partial charge in [-0.1, -0.05) is 12.1 Å². The van der Waals surface area contributed by atoms with Crippen molar-refractivity contribution in [2.75, 3.05) is 0 Å². The van der Waals surface area contributed by atoms with Gasteiger partial charge in [0.2, 0.25) is 0 Å². The predicted molar refractivity (Wildman–Crippen MR) is 69.3 cm³/mol. The molecule has 0 aromatic heterocycles.